The zero-order valence-corrected chi connectivity index (χ0v) is 10.7. The zero-order valence-electron chi connectivity index (χ0n) is 10.7. The summed E-state index contributed by atoms with van der Waals surface area (Å²) < 4.78 is 44.9. The molecule has 2 rings (SSSR count). The fraction of sp³-hybridized carbons (Fsp3) is 0.200. The molecule has 0 spiro atoms. The number of aliphatic hydroxyl groups is 1. The van der Waals surface area contributed by atoms with E-state index in [0.717, 1.165) is 12.1 Å². The lowest BCUT2D eigenvalue weighted by Crippen LogP contribution is -2.05. The summed E-state index contributed by atoms with van der Waals surface area (Å²) in [4.78, 5) is 0. The van der Waals surface area contributed by atoms with Crippen LogP contribution in [0.3, 0.4) is 0 Å². The number of benzene rings is 2. The van der Waals surface area contributed by atoms with Crippen molar-refractivity contribution in [2.45, 2.75) is 12.5 Å². The van der Waals surface area contributed by atoms with Crippen molar-refractivity contribution >= 4 is 0 Å². The van der Waals surface area contributed by atoms with Gasteiger partial charge in [-0.25, -0.2) is 13.2 Å². The molecule has 1 N–H and O–H groups in total. The number of methoxy groups -OCH3 is 1. The van der Waals surface area contributed by atoms with E-state index < -0.39 is 23.6 Å². The lowest BCUT2D eigenvalue weighted by molar-refractivity contribution is 0.176. The summed E-state index contributed by atoms with van der Waals surface area (Å²) >= 11 is 0. The van der Waals surface area contributed by atoms with Crippen molar-refractivity contribution in [2.75, 3.05) is 7.11 Å². The van der Waals surface area contributed by atoms with Gasteiger partial charge in [-0.1, -0.05) is 12.1 Å². The summed E-state index contributed by atoms with van der Waals surface area (Å²) in [6, 6.07) is 7.26. The van der Waals surface area contributed by atoms with E-state index in [2.05, 4.69) is 0 Å². The molecule has 0 fully saturated rings. The van der Waals surface area contributed by atoms with Gasteiger partial charge < -0.3 is 9.84 Å². The predicted octanol–water partition coefficient (Wildman–Crippen LogP) is 3.39. The van der Waals surface area contributed by atoms with Gasteiger partial charge in [0, 0.05) is 12.5 Å². The molecule has 2 aromatic rings. The SMILES string of the molecule is COc1cccc(CC(O)c2cc(F)cc(F)c2)c1F. The maximum absolute atomic E-state index is 13.9. The van der Waals surface area contributed by atoms with Crippen LogP contribution in [0.4, 0.5) is 13.2 Å². The van der Waals surface area contributed by atoms with Crippen molar-refractivity contribution in [1.82, 2.24) is 0 Å². The Morgan fingerprint density at radius 3 is 2.35 bits per heavy atom. The molecule has 1 atom stereocenters. The molecule has 2 nitrogen and oxygen atoms in total. The van der Waals surface area contributed by atoms with Crippen molar-refractivity contribution in [3.63, 3.8) is 0 Å². The number of rotatable bonds is 4. The first-order valence-corrected chi connectivity index (χ1v) is 5.96. The average molecular weight is 282 g/mol. The Morgan fingerprint density at radius 2 is 1.75 bits per heavy atom. The third-order valence-corrected chi connectivity index (χ3v) is 2.95. The fourth-order valence-electron chi connectivity index (χ4n) is 1.97. The normalized spacial score (nSPS) is 12.2. The smallest absolute Gasteiger partial charge is 0.168 e. The van der Waals surface area contributed by atoms with Crippen molar-refractivity contribution in [3.05, 3.63) is 65.0 Å². The average Bonchev–Trinajstić information content (AvgIpc) is 2.40. The summed E-state index contributed by atoms with van der Waals surface area (Å²) in [7, 11) is 1.33. The molecule has 0 amide bonds. The van der Waals surface area contributed by atoms with E-state index in [9.17, 15) is 18.3 Å². The van der Waals surface area contributed by atoms with Crippen molar-refractivity contribution < 1.29 is 23.0 Å². The quantitative estimate of drug-likeness (QED) is 0.931. The Bertz CT molecular complexity index is 594. The van der Waals surface area contributed by atoms with E-state index in [4.69, 9.17) is 4.74 Å². The number of halogens is 3. The second kappa shape index (κ2) is 5.96. The van der Waals surface area contributed by atoms with Crippen LogP contribution >= 0.6 is 0 Å². The van der Waals surface area contributed by atoms with Crippen LogP contribution in [0.5, 0.6) is 5.75 Å². The fourth-order valence-corrected chi connectivity index (χ4v) is 1.97. The Morgan fingerprint density at radius 1 is 1.10 bits per heavy atom. The summed E-state index contributed by atoms with van der Waals surface area (Å²) in [6.07, 6.45) is -1.31. The third-order valence-electron chi connectivity index (χ3n) is 2.95. The van der Waals surface area contributed by atoms with Gasteiger partial charge in [-0.15, -0.1) is 0 Å². The summed E-state index contributed by atoms with van der Waals surface area (Å²) in [6.45, 7) is 0. The van der Waals surface area contributed by atoms with E-state index in [1.807, 2.05) is 0 Å². The standard InChI is InChI=1S/C15H13F3O2/c1-20-14-4-2-3-9(15(14)18)7-13(19)10-5-11(16)8-12(17)6-10/h2-6,8,13,19H,7H2,1H3. The molecular formula is C15H13F3O2. The lowest BCUT2D eigenvalue weighted by atomic mass is 10.0. The molecule has 0 aliphatic rings. The summed E-state index contributed by atoms with van der Waals surface area (Å²) in [5, 5.41) is 9.97. The van der Waals surface area contributed by atoms with Gasteiger partial charge >= 0.3 is 0 Å². The second-order valence-electron chi connectivity index (χ2n) is 4.36. The molecule has 20 heavy (non-hydrogen) atoms. The maximum atomic E-state index is 13.9. The van der Waals surface area contributed by atoms with Gasteiger partial charge in [0.1, 0.15) is 11.6 Å². The van der Waals surface area contributed by atoms with E-state index >= 15 is 0 Å². The van der Waals surface area contributed by atoms with Crippen LogP contribution in [-0.2, 0) is 6.42 Å². The molecule has 0 aliphatic carbocycles. The summed E-state index contributed by atoms with van der Waals surface area (Å²) in [5.74, 6) is -2.11. The topological polar surface area (TPSA) is 29.5 Å². The highest BCUT2D eigenvalue weighted by molar-refractivity contribution is 5.32. The molecule has 0 aromatic heterocycles. The van der Waals surface area contributed by atoms with E-state index in [1.165, 1.54) is 19.2 Å². The molecule has 0 heterocycles. The third kappa shape index (κ3) is 3.11. The van der Waals surface area contributed by atoms with Crippen LogP contribution in [0.25, 0.3) is 0 Å². The molecule has 2 aromatic carbocycles. The minimum atomic E-state index is -1.21. The predicted molar refractivity (Wildman–Crippen MR) is 68.0 cm³/mol. The van der Waals surface area contributed by atoms with Crippen molar-refractivity contribution in [3.8, 4) is 5.75 Å². The van der Waals surface area contributed by atoms with Crippen LogP contribution < -0.4 is 4.74 Å². The van der Waals surface area contributed by atoms with Crippen LogP contribution in [0.15, 0.2) is 36.4 Å². The monoisotopic (exact) mass is 282 g/mol. The number of hydrogen-bond acceptors (Lipinski definition) is 2. The maximum Gasteiger partial charge on any atom is 0.168 e. The molecule has 5 heteroatoms. The highest BCUT2D eigenvalue weighted by Crippen LogP contribution is 2.25. The van der Waals surface area contributed by atoms with Gasteiger partial charge in [0.15, 0.2) is 11.6 Å². The highest BCUT2D eigenvalue weighted by atomic mass is 19.1. The first-order chi connectivity index (χ1) is 9.51. The van der Waals surface area contributed by atoms with Gasteiger partial charge in [-0.2, -0.15) is 0 Å². The summed E-state index contributed by atoms with van der Waals surface area (Å²) in [5.41, 5.74) is 0.270. The molecule has 0 radical (unpaired) electrons. The van der Waals surface area contributed by atoms with E-state index in [-0.39, 0.29) is 23.3 Å². The number of ether oxygens (including phenoxy) is 1. The molecule has 0 saturated carbocycles. The van der Waals surface area contributed by atoms with Crippen molar-refractivity contribution in [1.29, 1.82) is 0 Å². The molecule has 1 unspecified atom stereocenters. The first-order valence-electron chi connectivity index (χ1n) is 5.96. The first kappa shape index (κ1) is 14.4. The Balaban J connectivity index is 2.25. The van der Waals surface area contributed by atoms with Crippen molar-refractivity contribution in [2.24, 2.45) is 0 Å². The molecule has 0 aliphatic heterocycles. The Labute approximate surface area is 114 Å². The molecule has 0 bridgehead atoms. The highest BCUT2D eigenvalue weighted by Gasteiger charge is 2.15. The van der Waals surface area contributed by atoms with Gasteiger partial charge in [0.05, 0.1) is 13.2 Å². The Hall–Kier alpha value is -2.01. The zero-order chi connectivity index (χ0) is 14.7. The van der Waals surface area contributed by atoms with Gasteiger partial charge in [-0.3, -0.25) is 0 Å². The van der Waals surface area contributed by atoms with Crippen LogP contribution in [-0.4, -0.2) is 12.2 Å². The lowest BCUT2D eigenvalue weighted by Gasteiger charge is -2.13. The minimum Gasteiger partial charge on any atom is -0.494 e. The van der Waals surface area contributed by atoms with E-state index in [1.54, 1.807) is 6.07 Å². The number of aliphatic hydroxyl groups excluding tert-OH is 1. The molecular weight excluding hydrogens is 269 g/mol. The largest absolute Gasteiger partial charge is 0.494 e. The second-order valence-corrected chi connectivity index (χ2v) is 4.36. The number of hydrogen-bond donors (Lipinski definition) is 1. The molecule has 0 saturated heterocycles. The van der Waals surface area contributed by atoms with E-state index in [0.29, 0.717) is 6.07 Å². The van der Waals surface area contributed by atoms with Crippen LogP contribution in [0.1, 0.15) is 17.2 Å². The van der Waals surface area contributed by atoms with Crippen LogP contribution in [0.2, 0.25) is 0 Å². The Kier molecular flexibility index (Phi) is 4.29. The molecule has 106 valence electrons. The van der Waals surface area contributed by atoms with Gasteiger partial charge in [0.25, 0.3) is 0 Å². The van der Waals surface area contributed by atoms with Crippen LogP contribution in [0, 0.1) is 17.5 Å². The van der Waals surface area contributed by atoms with Gasteiger partial charge in [-0.05, 0) is 29.3 Å². The van der Waals surface area contributed by atoms with Gasteiger partial charge in [0.2, 0.25) is 0 Å². The minimum absolute atomic E-state index is 0.0557.